The van der Waals surface area contributed by atoms with Crippen molar-refractivity contribution in [3.8, 4) is 19.5 Å². The number of unbranched alkanes of at least 4 members (excludes halogenated alkanes) is 24. The molecule has 1 aliphatic rings. The summed E-state index contributed by atoms with van der Waals surface area (Å²) in [7, 11) is 0. The van der Waals surface area contributed by atoms with Crippen LogP contribution in [-0.4, -0.2) is 5.78 Å². The van der Waals surface area contributed by atoms with E-state index in [2.05, 4.69) is 52.0 Å². The summed E-state index contributed by atoms with van der Waals surface area (Å²) in [6.07, 6.45) is 37.5. The third-order valence-corrected chi connectivity index (χ3v) is 16.7. The third-order valence-electron chi connectivity index (χ3n) is 12.0. The molecular weight excluding hydrogens is 721 g/mol. The molecule has 0 atom stereocenters. The van der Waals surface area contributed by atoms with Gasteiger partial charge in [-0.15, -0.1) is 45.3 Å². The van der Waals surface area contributed by atoms with Crippen molar-refractivity contribution >= 4 is 60.5 Å². The van der Waals surface area contributed by atoms with E-state index in [1.807, 2.05) is 45.3 Å². The highest BCUT2D eigenvalue weighted by Crippen LogP contribution is 2.56. The number of hydrogen-bond acceptors (Lipinski definition) is 5. The highest BCUT2D eigenvalue weighted by atomic mass is 32.1. The van der Waals surface area contributed by atoms with Crippen LogP contribution in [0.1, 0.15) is 219 Å². The molecule has 4 heterocycles. The summed E-state index contributed by atoms with van der Waals surface area (Å²) in [5.74, 6) is 0.439. The molecule has 5 rings (SSSR count). The molecule has 0 saturated carbocycles. The quantitative estimate of drug-likeness (QED) is 0.0501. The number of carbonyl (C=O) groups excluding carboxylic acids is 1. The number of thiophene rings is 4. The van der Waals surface area contributed by atoms with Crippen molar-refractivity contribution in [2.24, 2.45) is 0 Å². The van der Waals surface area contributed by atoms with E-state index in [1.165, 1.54) is 211 Å². The lowest BCUT2D eigenvalue weighted by molar-refractivity contribution is 0.0855. The van der Waals surface area contributed by atoms with Crippen molar-refractivity contribution < 1.29 is 4.79 Å². The van der Waals surface area contributed by atoms with Crippen molar-refractivity contribution in [3.05, 3.63) is 45.1 Å². The molecule has 0 aromatic carbocycles. The van der Waals surface area contributed by atoms with Crippen LogP contribution in [0.25, 0.3) is 28.9 Å². The second kappa shape index (κ2) is 23.1. The van der Waals surface area contributed by atoms with Crippen LogP contribution >= 0.6 is 45.3 Å². The summed E-state index contributed by atoms with van der Waals surface area (Å²) in [5.41, 5.74) is 2.04. The summed E-state index contributed by atoms with van der Waals surface area (Å²) in [4.78, 5) is 23.0. The molecule has 0 radical (unpaired) electrons. The molecule has 0 saturated heterocycles. The van der Waals surface area contributed by atoms with Gasteiger partial charge in [0.25, 0.3) is 0 Å². The van der Waals surface area contributed by atoms with Gasteiger partial charge in [0.15, 0.2) is 5.78 Å². The summed E-state index contributed by atoms with van der Waals surface area (Å²) < 4.78 is 2.81. The van der Waals surface area contributed by atoms with Crippen LogP contribution in [-0.2, 0) is 5.41 Å². The van der Waals surface area contributed by atoms with Crippen LogP contribution in [0, 0.1) is 13.8 Å². The Balaban J connectivity index is 1.20. The summed E-state index contributed by atoms with van der Waals surface area (Å²) >= 11 is 7.66. The van der Waals surface area contributed by atoms with Crippen LogP contribution in [0.2, 0.25) is 0 Å². The SMILES string of the molecule is CCCCCCCCCCCCCCCC1(CCCCCCCCCCCCCCC)C(=O)c2cc(C)sc2-c2sc(-c3cc4sc(C)cc4s3)cc21. The second-order valence-electron chi connectivity index (χ2n) is 16.5. The van der Waals surface area contributed by atoms with Gasteiger partial charge in [0.05, 0.1) is 10.3 Å². The first kappa shape index (κ1) is 42.9. The first-order chi connectivity index (χ1) is 26.0. The van der Waals surface area contributed by atoms with Crippen molar-refractivity contribution in [2.75, 3.05) is 0 Å². The maximum atomic E-state index is 14.9. The molecular formula is C48H72OS4. The molecule has 4 aromatic rings. The smallest absolute Gasteiger partial charge is 0.174 e. The molecule has 294 valence electrons. The van der Waals surface area contributed by atoms with Crippen LogP contribution in [0.5, 0.6) is 0 Å². The molecule has 0 fully saturated rings. The number of Topliss-reactive ketones (excluding diaryl/α,β-unsaturated/α-hetero) is 1. The lowest BCUT2D eigenvalue weighted by Gasteiger charge is -2.36. The van der Waals surface area contributed by atoms with Gasteiger partial charge in [0, 0.05) is 39.3 Å². The first-order valence-electron chi connectivity index (χ1n) is 22.3. The number of ketones is 1. The fraction of sp³-hybridized carbons (Fsp3) is 0.688. The first-order valence-corrected chi connectivity index (χ1v) is 25.5. The minimum absolute atomic E-state index is 0.370. The number of aryl methyl sites for hydroxylation is 2. The van der Waals surface area contributed by atoms with Crippen molar-refractivity contribution in [1.29, 1.82) is 0 Å². The van der Waals surface area contributed by atoms with Gasteiger partial charge in [0.1, 0.15) is 0 Å². The fourth-order valence-corrected chi connectivity index (χ4v) is 13.7. The van der Waals surface area contributed by atoms with Gasteiger partial charge in [0.2, 0.25) is 0 Å². The molecule has 53 heavy (non-hydrogen) atoms. The Hall–Kier alpha value is -1.27. The van der Waals surface area contributed by atoms with Crippen LogP contribution in [0.4, 0.5) is 0 Å². The molecule has 0 bridgehead atoms. The third kappa shape index (κ3) is 12.4. The standard InChI is InChI=1S/C48H72OS4/c1-5-7-9-11-13-15-17-19-21-23-25-27-29-31-48(32-30-28-26-24-22-20-18-16-14-12-10-8-6-2)40-35-42(44-36-43-41(52-44)34-38(4)50-43)53-46(40)45-39(47(48)49)33-37(3)51-45/h33-36H,5-32H2,1-4H3. The molecule has 0 N–H and O–H groups in total. The Morgan fingerprint density at radius 2 is 0.849 bits per heavy atom. The second-order valence-corrected chi connectivity index (χ2v) is 21.2. The van der Waals surface area contributed by atoms with E-state index in [1.54, 1.807) is 0 Å². The van der Waals surface area contributed by atoms with E-state index in [4.69, 9.17) is 0 Å². The van der Waals surface area contributed by atoms with Gasteiger partial charge in [-0.05, 0) is 56.5 Å². The van der Waals surface area contributed by atoms with E-state index in [0.717, 1.165) is 18.4 Å². The molecule has 4 aromatic heterocycles. The lowest BCUT2D eigenvalue weighted by atomic mass is 9.65. The summed E-state index contributed by atoms with van der Waals surface area (Å²) in [6.45, 7) is 9.02. The Morgan fingerprint density at radius 1 is 0.434 bits per heavy atom. The maximum Gasteiger partial charge on any atom is 0.174 e. The Labute approximate surface area is 340 Å². The fourth-order valence-electron chi connectivity index (χ4n) is 8.86. The Bertz CT molecular complexity index is 1570. The van der Waals surface area contributed by atoms with Crippen molar-refractivity contribution in [2.45, 2.75) is 213 Å². The Kier molecular flexibility index (Phi) is 18.7. The van der Waals surface area contributed by atoms with Gasteiger partial charge in [-0.1, -0.05) is 181 Å². The normalized spacial score (nSPS) is 13.7. The van der Waals surface area contributed by atoms with Crippen LogP contribution < -0.4 is 0 Å². The number of rotatable bonds is 29. The average molecular weight is 793 g/mol. The van der Waals surface area contributed by atoms with Crippen molar-refractivity contribution in [3.63, 3.8) is 0 Å². The summed E-state index contributed by atoms with van der Waals surface area (Å²) in [5, 5.41) is 0. The number of carbonyl (C=O) groups is 1. The molecule has 0 unspecified atom stereocenters. The van der Waals surface area contributed by atoms with Gasteiger partial charge in [-0.2, -0.15) is 0 Å². The highest BCUT2D eigenvalue weighted by Gasteiger charge is 2.47. The van der Waals surface area contributed by atoms with Gasteiger partial charge in [-0.25, -0.2) is 0 Å². The van der Waals surface area contributed by atoms with E-state index in [9.17, 15) is 4.79 Å². The monoisotopic (exact) mass is 792 g/mol. The topological polar surface area (TPSA) is 17.1 Å². The largest absolute Gasteiger partial charge is 0.293 e. The predicted octanol–water partition coefficient (Wildman–Crippen LogP) is 18.4. The molecule has 0 aliphatic heterocycles. The molecule has 5 heteroatoms. The summed E-state index contributed by atoms with van der Waals surface area (Å²) in [6, 6.07) is 9.48. The van der Waals surface area contributed by atoms with Gasteiger partial charge < -0.3 is 0 Å². The number of hydrogen-bond donors (Lipinski definition) is 0. The Morgan fingerprint density at radius 3 is 1.32 bits per heavy atom. The molecule has 0 spiro atoms. The lowest BCUT2D eigenvalue weighted by Crippen LogP contribution is -2.38. The maximum absolute atomic E-state index is 14.9. The predicted molar refractivity (Wildman–Crippen MR) is 242 cm³/mol. The van der Waals surface area contributed by atoms with E-state index in [0.29, 0.717) is 5.78 Å². The zero-order chi connectivity index (χ0) is 37.3. The zero-order valence-corrected chi connectivity index (χ0v) is 37.4. The van der Waals surface area contributed by atoms with Crippen LogP contribution in [0.3, 0.4) is 0 Å². The molecule has 1 nitrogen and oxygen atoms in total. The van der Waals surface area contributed by atoms with E-state index < -0.39 is 0 Å². The number of fused-ring (bicyclic) bond motifs is 4. The minimum Gasteiger partial charge on any atom is -0.293 e. The van der Waals surface area contributed by atoms with Gasteiger partial charge in [-0.3, -0.25) is 4.79 Å². The minimum atomic E-state index is -0.370. The van der Waals surface area contributed by atoms with E-state index >= 15 is 0 Å². The molecule has 0 amide bonds. The van der Waals surface area contributed by atoms with E-state index in [-0.39, 0.29) is 5.41 Å². The molecule has 1 aliphatic carbocycles. The highest BCUT2D eigenvalue weighted by molar-refractivity contribution is 7.32. The zero-order valence-electron chi connectivity index (χ0n) is 34.1. The van der Waals surface area contributed by atoms with Gasteiger partial charge >= 0.3 is 0 Å². The van der Waals surface area contributed by atoms with Crippen LogP contribution in [0.15, 0.2) is 24.3 Å². The van der Waals surface area contributed by atoms with Crippen molar-refractivity contribution in [1.82, 2.24) is 0 Å². The average Bonchev–Trinajstić information content (AvgIpc) is 3.93.